The second-order valence-electron chi connectivity index (χ2n) is 2.88. The third-order valence-electron chi connectivity index (χ3n) is 2.02. The molecular formula is C10H6BrIOS. The Bertz CT molecular complexity index is 492. The van der Waals surface area contributed by atoms with E-state index in [0.717, 1.165) is 25.4 Å². The highest BCUT2D eigenvalue weighted by atomic mass is 127. The molecule has 0 radical (unpaired) electrons. The smallest absolute Gasteiger partial charge is 0.151 e. The predicted molar refractivity (Wildman–Crippen MR) is 72.6 cm³/mol. The second-order valence-corrected chi connectivity index (χ2v) is 5.57. The third-order valence-corrected chi connectivity index (χ3v) is 4.34. The van der Waals surface area contributed by atoms with Gasteiger partial charge in [-0.15, -0.1) is 11.3 Å². The molecule has 0 unspecified atom stereocenters. The minimum absolute atomic E-state index is 0.795. The lowest BCUT2D eigenvalue weighted by Crippen LogP contribution is -1.83. The van der Waals surface area contributed by atoms with E-state index < -0.39 is 0 Å². The van der Waals surface area contributed by atoms with E-state index in [9.17, 15) is 4.79 Å². The molecule has 1 aromatic heterocycles. The number of carbonyl (C=O) groups excluding carboxylic acids is 1. The number of fused-ring (bicyclic) bond motifs is 1. The van der Waals surface area contributed by atoms with Crippen molar-refractivity contribution in [2.75, 3.05) is 0 Å². The van der Waals surface area contributed by atoms with E-state index in [2.05, 4.69) is 50.0 Å². The molecule has 0 spiro atoms. The van der Waals surface area contributed by atoms with Crippen LogP contribution in [0.2, 0.25) is 0 Å². The van der Waals surface area contributed by atoms with Gasteiger partial charge in [0.25, 0.3) is 0 Å². The number of aldehydes is 1. The number of halogens is 2. The average molecular weight is 381 g/mol. The molecule has 0 atom stereocenters. The average Bonchev–Trinajstić information content (AvgIpc) is 2.59. The van der Waals surface area contributed by atoms with Crippen molar-refractivity contribution >= 4 is 66.2 Å². The maximum atomic E-state index is 10.9. The molecule has 1 nitrogen and oxygen atoms in total. The van der Waals surface area contributed by atoms with Crippen LogP contribution in [0.3, 0.4) is 0 Å². The van der Waals surface area contributed by atoms with Gasteiger partial charge in [-0.05, 0) is 51.1 Å². The molecule has 0 bridgehead atoms. The van der Waals surface area contributed by atoms with Gasteiger partial charge in [0, 0.05) is 19.2 Å². The Balaban J connectivity index is 2.83. The zero-order valence-corrected chi connectivity index (χ0v) is 11.6. The summed E-state index contributed by atoms with van der Waals surface area (Å²) in [5.41, 5.74) is 2.05. The van der Waals surface area contributed by atoms with Crippen LogP contribution in [0.4, 0.5) is 0 Å². The first-order valence-corrected chi connectivity index (χ1v) is 7.05. The third kappa shape index (κ3) is 1.75. The summed E-state index contributed by atoms with van der Waals surface area (Å²) in [4.78, 5) is 10.9. The molecule has 1 aromatic carbocycles. The molecular weight excluding hydrogens is 375 g/mol. The van der Waals surface area contributed by atoms with E-state index in [1.807, 2.05) is 6.07 Å². The summed E-state index contributed by atoms with van der Waals surface area (Å²) in [5.74, 6) is 0. The largest absolute Gasteiger partial charge is 0.298 e. The SMILES string of the molecule is O=Cc1cc(I)cc2c(CBr)csc12. The molecule has 0 aliphatic carbocycles. The van der Waals surface area contributed by atoms with E-state index >= 15 is 0 Å². The lowest BCUT2D eigenvalue weighted by Gasteiger charge is -1.98. The summed E-state index contributed by atoms with van der Waals surface area (Å²) in [6, 6.07) is 4.04. The van der Waals surface area contributed by atoms with Crippen LogP contribution < -0.4 is 0 Å². The van der Waals surface area contributed by atoms with E-state index in [1.165, 1.54) is 10.9 Å². The Hall–Kier alpha value is 0.0600. The summed E-state index contributed by atoms with van der Waals surface area (Å²) >= 11 is 7.32. The summed E-state index contributed by atoms with van der Waals surface area (Å²) < 4.78 is 2.20. The summed E-state index contributed by atoms with van der Waals surface area (Å²) in [7, 11) is 0. The normalized spacial score (nSPS) is 10.7. The molecule has 2 rings (SSSR count). The number of carbonyl (C=O) groups is 1. The fourth-order valence-electron chi connectivity index (χ4n) is 1.37. The van der Waals surface area contributed by atoms with Gasteiger partial charge in [0.05, 0.1) is 0 Å². The molecule has 0 amide bonds. The van der Waals surface area contributed by atoms with Crippen LogP contribution in [0.15, 0.2) is 17.5 Å². The molecule has 2 aromatic rings. The molecule has 72 valence electrons. The minimum Gasteiger partial charge on any atom is -0.298 e. The van der Waals surface area contributed by atoms with Crippen molar-refractivity contribution in [3.8, 4) is 0 Å². The highest BCUT2D eigenvalue weighted by Crippen LogP contribution is 2.31. The number of rotatable bonds is 2. The predicted octanol–water partition coefficient (Wildman–Crippen LogP) is 4.21. The maximum absolute atomic E-state index is 10.9. The molecule has 0 saturated heterocycles. The molecule has 14 heavy (non-hydrogen) atoms. The summed E-state index contributed by atoms with van der Waals surface area (Å²) in [5, 5.41) is 4.13. The van der Waals surface area contributed by atoms with Crippen LogP contribution >= 0.6 is 49.9 Å². The van der Waals surface area contributed by atoms with Gasteiger partial charge >= 0.3 is 0 Å². The number of benzene rings is 1. The van der Waals surface area contributed by atoms with Crippen LogP contribution in [-0.4, -0.2) is 6.29 Å². The van der Waals surface area contributed by atoms with Crippen LogP contribution in [0, 0.1) is 3.57 Å². The van der Waals surface area contributed by atoms with Gasteiger partial charge in [-0.3, -0.25) is 4.79 Å². The van der Waals surface area contributed by atoms with E-state index in [-0.39, 0.29) is 0 Å². The van der Waals surface area contributed by atoms with Gasteiger partial charge in [0.1, 0.15) is 0 Å². The van der Waals surface area contributed by atoms with Crippen molar-refractivity contribution in [2.45, 2.75) is 5.33 Å². The first kappa shape index (κ1) is 10.6. The Morgan fingerprint density at radius 2 is 2.29 bits per heavy atom. The highest BCUT2D eigenvalue weighted by Gasteiger charge is 2.08. The highest BCUT2D eigenvalue weighted by molar-refractivity contribution is 14.1. The Kier molecular flexibility index (Phi) is 3.23. The number of hydrogen-bond acceptors (Lipinski definition) is 2. The minimum atomic E-state index is 0.795. The van der Waals surface area contributed by atoms with Crippen LogP contribution in [0.1, 0.15) is 15.9 Å². The van der Waals surface area contributed by atoms with Crippen molar-refractivity contribution in [1.29, 1.82) is 0 Å². The molecule has 1 heterocycles. The lowest BCUT2D eigenvalue weighted by atomic mass is 10.1. The van der Waals surface area contributed by atoms with Crippen molar-refractivity contribution < 1.29 is 4.79 Å². The van der Waals surface area contributed by atoms with Gasteiger partial charge in [-0.25, -0.2) is 0 Å². The Morgan fingerprint density at radius 1 is 1.50 bits per heavy atom. The van der Waals surface area contributed by atoms with Crippen molar-refractivity contribution in [3.63, 3.8) is 0 Å². The zero-order chi connectivity index (χ0) is 10.1. The molecule has 0 aliphatic heterocycles. The molecule has 0 saturated carbocycles. The second kappa shape index (κ2) is 4.28. The van der Waals surface area contributed by atoms with Gasteiger partial charge in [-0.1, -0.05) is 15.9 Å². The standard InChI is InChI=1S/C10H6BrIOS/c11-3-7-5-14-10-6(4-13)1-8(12)2-9(7)10/h1-2,4-5H,3H2. The fourth-order valence-corrected chi connectivity index (χ4v) is 3.72. The number of thiophene rings is 1. The number of hydrogen-bond donors (Lipinski definition) is 0. The van der Waals surface area contributed by atoms with Crippen LogP contribution in [0.25, 0.3) is 10.1 Å². The molecule has 0 aliphatic rings. The lowest BCUT2D eigenvalue weighted by molar-refractivity contribution is 0.112. The quantitative estimate of drug-likeness (QED) is 0.433. The van der Waals surface area contributed by atoms with Crippen LogP contribution in [0.5, 0.6) is 0 Å². The topological polar surface area (TPSA) is 17.1 Å². The maximum Gasteiger partial charge on any atom is 0.151 e. The number of alkyl halides is 1. The van der Waals surface area contributed by atoms with Crippen LogP contribution in [-0.2, 0) is 5.33 Å². The Labute approximate surface area is 108 Å². The van der Waals surface area contributed by atoms with Gasteiger partial charge in [-0.2, -0.15) is 0 Å². The molecule has 0 fully saturated rings. The first-order valence-electron chi connectivity index (χ1n) is 3.97. The van der Waals surface area contributed by atoms with Crippen molar-refractivity contribution in [1.82, 2.24) is 0 Å². The van der Waals surface area contributed by atoms with E-state index in [1.54, 1.807) is 11.3 Å². The fraction of sp³-hybridized carbons (Fsp3) is 0.100. The summed E-state index contributed by atoms with van der Waals surface area (Å²) in [6.45, 7) is 0. The van der Waals surface area contributed by atoms with E-state index in [4.69, 9.17) is 0 Å². The van der Waals surface area contributed by atoms with Gasteiger partial charge < -0.3 is 0 Å². The molecule has 0 N–H and O–H groups in total. The van der Waals surface area contributed by atoms with Gasteiger partial charge in [0.15, 0.2) is 6.29 Å². The zero-order valence-electron chi connectivity index (χ0n) is 7.09. The van der Waals surface area contributed by atoms with E-state index in [0.29, 0.717) is 0 Å². The van der Waals surface area contributed by atoms with Crippen molar-refractivity contribution in [2.24, 2.45) is 0 Å². The summed E-state index contributed by atoms with van der Waals surface area (Å²) in [6.07, 6.45) is 0.930. The van der Waals surface area contributed by atoms with Crippen molar-refractivity contribution in [3.05, 3.63) is 32.2 Å². The molecule has 4 heteroatoms. The Morgan fingerprint density at radius 3 is 2.93 bits per heavy atom. The monoisotopic (exact) mass is 380 g/mol. The van der Waals surface area contributed by atoms with Gasteiger partial charge in [0.2, 0.25) is 0 Å². The first-order chi connectivity index (χ1) is 6.76.